The number of likely N-dealkylation sites (tertiary alicyclic amines) is 1. The van der Waals surface area contributed by atoms with Crippen LogP contribution in [0.5, 0.6) is 5.75 Å². The molecule has 1 aliphatic rings. The first-order valence-corrected chi connectivity index (χ1v) is 9.91. The van der Waals surface area contributed by atoms with Crippen molar-refractivity contribution in [1.82, 2.24) is 14.7 Å². The molecule has 6 heteroatoms. The van der Waals surface area contributed by atoms with Crippen LogP contribution in [0.25, 0.3) is 16.9 Å². The number of ether oxygens (including phenoxy) is 2. The SMILES string of the molecule is COc1ccc(-c2nn(-c3ccccc3)cc2CN2CCC(OC)CC2)c(F)c1. The lowest BCUT2D eigenvalue weighted by molar-refractivity contribution is 0.0389. The van der Waals surface area contributed by atoms with Gasteiger partial charge in [-0.15, -0.1) is 0 Å². The molecule has 0 spiro atoms. The van der Waals surface area contributed by atoms with Gasteiger partial charge in [0.2, 0.25) is 0 Å². The number of halogens is 1. The molecule has 2 aromatic carbocycles. The van der Waals surface area contributed by atoms with Crippen molar-refractivity contribution in [2.75, 3.05) is 27.3 Å². The minimum Gasteiger partial charge on any atom is -0.497 e. The Balaban J connectivity index is 1.68. The molecule has 152 valence electrons. The van der Waals surface area contributed by atoms with Crippen molar-refractivity contribution in [3.63, 3.8) is 0 Å². The predicted molar refractivity (Wildman–Crippen MR) is 111 cm³/mol. The number of piperidine rings is 1. The van der Waals surface area contributed by atoms with Crippen LogP contribution in [-0.4, -0.2) is 48.1 Å². The quantitative estimate of drug-likeness (QED) is 0.624. The van der Waals surface area contributed by atoms with Gasteiger partial charge in [0.25, 0.3) is 0 Å². The van der Waals surface area contributed by atoms with Crippen LogP contribution in [0.4, 0.5) is 4.39 Å². The highest BCUT2D eigenvalue weighted by molar-refractivity contribution is 5.65. The van der Waals surface area contributed by atoms with Crippen LogP contribution in [0, 0.1) is 5.82 Å². The van der Waals surface area contributed by atoms with Gasteiger partial charge in [-0.1, -0.05) is 18.2 Å². The molecule has 0 aliphatic carbocycles. The summed E-state index contributed by atoms with van der Waals surface area (Å²) in [5, 5.41) is 4.75. The molecule has 0 N–H and O–H groups in total. The highest BCUT2D eigenvalue weighted by atomic mass is 19.1. The van der Waals surface area contributed by atoms with Crippen molar-refractivity contribution >= 4 is 0 Å². The molecule has 1 fully saturated rings. The molecule has 5 nitrogen and oxygen atoms in total. The molecule has 4 rings (SSSR count). The van der Waals surface area contributed by atoms with E-state index in [0.29, 0.717) is 23.1 Å². The third-order valence-corrected chi connectivity index (χ3v) is 5.50. The van der Waals surface area contributed by atoms with Gasteiger partial charge in [-0.3, -0.25) is 4.90 Å². The normalized spacial score (nSPS) is 15.6. The molecule has 2 heterocycles. The number of para-hydroxylation sites is 1. The van der Waals surface area contributed by atoms with Crippen LogP contribution >= 0.6 is 0 Å². The fourth-order valence-electron chi connectivity index (χ4n) is 3.82. The predicted octanol–water partition coefficient (Wildman–Crippen LogP) is 4.30. The third-order valence-electron chi connectivity index (χ3n) is 5.50. The van der Waals surface area contributed by atoms with Gasteiger partial charge >= 0.3 is 0 Å². The first kappa shape index (κ1) is 19.6. The van der Waals surface area contributed by atoms with E-state index < -0.39 is 0 Å². The summed E-state index contributed by atoms with van der Waals surface area (Å²) in [4.78, 5) is 2.38. The maximum atomic E-state index is 14.8. The number of hydrogen-bond donors (Lipinski definition) is 0. The topological polar surface area (TPSA) is 39.5 Å². The van der Waals surface area contributed by atoms with Crippen molar-refractivity contribution in [3.8, 4) is 22.7 Å². The Morgan fingerprint density at radius 1 is 1.07 bits per heavy atom. The lowest BCUT2D eigenvalue weighted by Gasteiger charge is -2.31. The van der Waals surface area contributed by atoms with Crippen LogP contribution in [0.15, 0.2) is 54.7 Å². The van der Waals surface area contributed by atoms with Gasteiger partial charge in [0.1, 0.15) is 17.3 Å². The number of hydrogen-bond acceptors (Lipinski definition) is 4. The van der Waals surface area contributed by atoms with Gasteiger partial charge in [0.05, 0.1) is 18.9 Å². The van der Waals surface area contributed by atoms with E-state index in [1.54, 1.807) is 19.2 Å². The fourth-order valence-corrected chi connectivity index (χ4v) is 3.82. The number of rotatable bonds is 6. The Bertz CT molecular complexity index is 950. The molecule has 29 heavy (non-hydrogen) atoms. The zero-order chi connectivity index (χ0) is 20.2. The highest BCUT2D eigenvalue weighted by Gasteiger charge is 2.22. The lowest BCUT2D eigenvalue weighted by atomic mass is 10.0. The molecular weight excluding hydrogens is 369 g/mol. The fraction of sp³-hybridized carbons (Fsp3) is 0.348. The second-order valence-corrected chi connectivity index (χ2v) is 7.34. The Hall–Kier alpha value is -2.70. The summed E-state index contributed by atoms with van der Waals surface area (Å²) in [7, 11) is 3.31. The van der Waals surface area contributed by atoms with E-state index in [2.05, 4.69) is 4.90 Å². The largest absolute Gasteiger partial charge is 0.497 e. The maximum absolute atomic E-state index is 14.8. The van der Waals surface area contributed by atoms with Gasteiger partial charge in [-0.05, 0) is 37.1 Å². The van der Waals surface area contributed by atoms with E-state index in [4.69, 9.17) is 14.6 Å². The first-order valence-electron chi connectivity index (χ1n) is 9.91. The van der Waals surface area contributed by atoms with E-state index in [1.165, 1.54) is 13.2 Å². The maximum Gasteiger partial charge on any atom is 0.136 e. The summed E-state index contributed by atoms with van der Waals surface area (Å²) >= 11 is 0. The number of methoxy groups -OCH3 is 2. The monoisotopic (exact) mass is 395 g/mol. The standard InChI is InChI=1S/C23H26FN3O2/c1-28-19-10-12-26(13-11-19)15-17-16-27(18-6-4-3-5-7-18)25-23(17)21-9-8-20(29-2)14-22(21)24/h3-9,14,16,19H,10-13,15H2,1-2H3. The number of benzene rings is 2. The molecule has 0 unspecified atom stereocenters. The Morgan fingerprint density at radius 3 is 2.48 bits per heavy atom. The van der Waals surface area contributed by atoms with Crippen molar-refractivity contribution < 1.29 is 13.9 Å². The number of nitrogens with zero attached hydrogens (tertiary/aromatic N) is 3. The van der Waals surface area contributed by atoms with Crippen LogP contribution in [0.2, 0.25) is 0 Å². The van der Waals surface area contributed by atoms with Gasteiger partial charge < -0.3 is 9.47 Å². The van der Waals surface area contributed by atoms with E-state index in [-0.39, 0.29) is 5.82 Å². The van der Waals surface area contributed by atoms with Crippen LogP contribution in [0.1, 0.15) is 18.4 Å². The molecule has 0 atom stereocenters. The molecule has 3 aromatic rings. The van der Waals surface area contributed by atoms with Gasteiger partial charge in [-0.2, -0.15) is 5.10 Å². The summed E-state index contributed by atoms with van der Waals surface area (Å²) in [5.74, 6) is 0.166. The van der Waals surface area contributed by atoms with Crippen LogP contribution in [-0.2, 0) is 11.3 Å². The molecule has 1 aliphatic heterocycles. The van der Waals surface area contributed by atoms with Gasteiger partial charge in [-0.25, -0.2) is 9.07 Å². The zero-order valence-corrected chi connectivity index (χ0v) is 16.8. The summed E-state index contributed by atoms with van der Waals surface area (Å²) in [5.41, 5.74) is 3.12. The first-order chi connectivity index (χ1) is 14.2. The van der Waals surface area contributed by atoms with E-state index in [9.17, 15) is 4.39 Å². The van der Waals surface area contributed by atoms with Crippen LogP contribution in [0.3, 0.4) is 0 Å². The average molecular weight is 395 g/mol. The second-order valence-electron chi connectivity index (χ2n) is 7.34. The molecule has 1 aromatic heterocycles. The molecule has 0 radical (unpaired) electrons. The summed E-state index contributed by atoms with van der Waals surface area (Å²) in [6.45, 7) is 2.64. The highest BCUT2D eigenvalue weighted by Crippen LogP contribution is 2.30. The molecule has 0 saturated carbocycles. The third kappa shape index (κ3) is 4.33. The van der Waals surface area contributed by atoms with Crippen molar-refractivity contribution in [2.45, 2.75) is 25.5 Å². The molecule has 0 bridgehead atoms. The summed E-state index contributed by atoms with van der Waals surface area (Å²) in [6.07, 6.45) is 4.36. The van der Waals surface area contributed by atoms with Gasteiger partial charge in [0, 0.05) is 50.1 Å². The van der Waals surface area contributed by atoms with Gasteiger partial charge in [0.15, 0.2) is 0 Å². The van der Waals surface area contributed by atoms with E-state index in [1.807, 2.05) is 41.2 Å². The van der Waals surface area contributed by atoms with Crippen molar-refractivity contribution in [1.29, 1.82) is 0 Å². The average Bonchev–Trinajstić information content (AvgIpc) is 3.18. The zero-order valence-electron chi connectivity index (χ0n) is 16.8. The Morgan fingerprint density at radius 2 is 1.83 bits per heavy atom. The van der Waals surface area contributed by atoms with Crippen molar-refractivity contribution in [3.05, 3.63) is 66.1 Å². The molecular formula is C23H26FN3O2. The lowest BCUT2D eigenvalue weighted by Crippen LogP contribution is -2.36. The minimum absolute atomic E-state index is 0.330. The van der Waals surface area contributed by atoms with E-state index >= 15 is 0 Å². The summed E-state index contributed by atoms with van der Waals surface area (Å²) < 4.78 is 27.3. The Kier molecular flexibility index (Phi) is 5.92. The molecule has 0 amide bonds. The molecule has 1 saturated heterocycles. The van der Waals surface area contributed by atoms with Crippen molar-refractivity contribution in [2.24, 2.45) is 0 Å². The van der Waals surface area contributed by atoms with Crippen LogP contribution < -0.4 is 4.74 Å². The minimum atomic E-state index is -0.331. The van der Waals surface area contributed by atoms with E-state index in [0.717, 1.165) is 43.7 Å². The Labute approximate surface area is 170 Å². The second kappa shape index (κ2) is 8.76. The number of aromatic nitrogens is 2. The summed E-state index contributed by atoms with van der Waals surface area (Å²) in [6, 6.07) is 14.8. The smallest absolute Gasteiger partial charge is 0.136 e.